The number of nitrogens with one attached hydrogen (secondary N) is 1. The van der Waals surface area contributed by atoms with Crippen LogP contribution in [0.5, 0.6) is 5.75 Å². The molecule has 3 aromatic rings. The highest BCUT2D eigenvalue weighted by Gasteiger charge is 2.31. The van der Waals surface area contributed by atoms with Gasteiger partial charge in [-0.3, -0.25) is 0 Å². The Labute approximate surface area is 171 Å². The SMILES string of the molecule is COc1ccc(Nc2ccc3cc(S(=O)(=O)N4CCCC[C@@H]4C)ccc3n2)cc1. The van der Waals surface area contributed by atoms with Crippen molar-refractivity contribution in [3.8, 4) is 5.75 Å². The Balaban J connectivity index is 1.59. The second-order valence-corrected chi connectivity index (χ2v) is 9.26. The number of aromatic nitrogens is 1. The van der Waals surface area contributed by atoms with Crippen LogP contribution in [0.3, 0.4) is 0 Å². The van der Waals surface area contributed by atoms with Crippen molar-refractivity contribution >= 4 is 32.4 Å². The average Bonchev–Trinajstić information content (AvgIpc) is 2.74. The Kier molecular flexibility index (Phi) is 5.43. The molecule has 6 nitrogen and oxygen atoms in total. The molecule has 152 valence electrons. The van der Waals surface area contributed by atoms with Crippen molar-refractivity contribution in [2.45, 2.75) is 37.1 Å². The lowest BCUT2D eigenvalue weighted by Crippen LogP contribution is -2.41. The van der Waals surface area contributed by atoms with Gasteiger partial charge in [-0.25, -0.2) is 13.4 Å². The van der Waals surface area contributed by atoms with Gasteiger partial charge in [0.05, 0.1) is 17.5 Å². The quantitative estimate of drug-likeness (QED) is 0.667. The number of pyridine rings is 1. The third-order valence-electron chi connectivity index (χ3n) is 5.37. The van der Waals surface area contributed by atoms with E-state index in [0.29, 0.717) is 17.3 Å². The van der Waals surface area contributed by atoms with Crippen molar-refractivity contribution in [3.05, 3.63) is 54.6 Å². The molecule has 4 rings (SSSR count). The van der Waals surface area contributed by atoms with Gasteiger partial charge >= 0.3 is 0 Å². The number of fused-ring (bicyclic) bond motifs is 1. The van der Waals surface area contributed by atoms with Gasteiger partial charge in [-0.15, -0.1) is 0 Å². The summed E-state index contributed by atoms with van der Waals surface area (Å²) < 4.78 is 33.0. The Hall–Kier alpha value is -2.64. The minimum Gasteiger partial charge on any atom is -0.497 e. The van der Waals surface area contributed by atoms with Gasteiger partial charge in [-0.05, 0) is 74.4 Å². The molecule has 0 bridgehead atoms. The third-order valence-corrected chi connectivity index (χ3v) is 7.38. The third kappa shape index (κ3) is 4.06. The normalized spacial score (nSPS) is 17.9. The van der Waals surface area contributed by atoms with E-state index in [1.54, 1.807) is 29.6 Å². The maximum atomic E-state index is 13.1. The highest BCUT2D eigenvalue weighted by atomic mass is 32.2. The lowest BCUT2D eigenvalue weighted by Gasteiger charge is -2.32. The van der Waals surface area contributed by atoms with Crippen LogP contribution in [0.15, 0.2) is 59.5 Å². The summed E-state index contributed by atoms with van der Waals surface area (Å²) in [6.07, 6.45) is 2.91. The van der Waals surface area contributed by atoms with E-state index in [0.717, 1.165) is 41.6 Å². The van der Waals surface area contributed by atoms with E-state index < -0.39 is 10.0 Å². The molecule has 0 unspecified atom stereocenters. The predicted molar refractivity (Wildman–Crippen MR) is 115 cm³/mol. The molecule has 1 aliphatic heterocycles. The van der Waals surface area contributed by atoms with E-state index >= 15 is 0 Å². The molecular formula is C22H25N3O3S. The Morgan fingerprint density at radius 1 is 1.07 bits per heavy atom. The van der Waals surface area contributed by atoms with Gasteiger partial charge in [0.15, 0.2) is 0 Å². The summed E-state index contributed by atoms with van der Waals surface area (Å²) >= 11 is 0. The largest absolute Gasteiger partial charge is 0.497 e. The van der Waals surface area contributed by atoms with E-state index in [1.165, 1.54) is 0 Å². The molecule has 1 fully saturated rings. The minimum atomic E-state index is -3.49. The first-order valence-corrected chi connectivity index (χ1v) is 11.2. The van der Waals surface area contributed by atoms with Crippen molar-refractivity contribution in [2.24, 2.45) is 0 Å². The van der Waals surface area contributed by atoms with Gasteiger partial charge in [0.25, 0.3) is 0 Å². The molecule has 1 atom stereocenters. The molecule has 0 aliphatic carbocycles. The number of hydrogen-bond acceptors (Lipinski definition) is 5. The van der Waals surface area contributed by atoms with Gasteiger partial charge in [-0.2, -0.15) is 4.31 Å². The van der Waals surface area contributed by atoms with Gasteiger partial charge in [-0.1, -0.05) is 6.42 Å². The van der Waals surface area contributed by atoms with E-state index in [-0.39, 0.29) is 6.04 Å². The molecular weight excluding hydrogens is 386 g/mol. The molecule has 0 amide bonds. The second kappa shape index (κ2) is 8.00. The summed E-state index contributed by atoms with van der Waals surface area (Å²) in [4.78, 5) is 4.94. The van der Waals surface area contributed by atoms with Crippen LogP contribution in [-0.4, -0.2) is 37.4 Å². The lowest BCUT2D eigenvalue weighted by atomic mass is 10.1. The number of hydrogen-bond donors (Lipinski definition) is 1. The van der Waals surface area contributed by atoms with Crippen molar-refractivity contribution in [2.75, 3.05) is 19.0 Å². The van der Waals surface area contributed by atoms with Gasteiger partial charge in [0.1, 0.15) is 11.6 Å². The van der Waals surface area contributed by atoms with Crippen molar-refractivity contribution in [1.82, 2.24) is 9.29 Å². The zero-order valence-corrected chi connectivity index (χ0v) is 17.4. The number of anilines is 2. The number of piperidine rings is 1. The van der Waals surface area contributed by atoms with Crippen LogP contribution in [0.1, 0.15) is 26.2 Å². The lowest BCUT2D eigenvalue weighted by molar-refractivity contribution is 0.268. The number of sulfonamides is 1. The number of rotatable bonds is 5. The van der Waals surface area contributed by atoms with Crippen LogP contribution in [0, 0.1) is 0 Å². The van der Waals surface area contributed by atoms with Crippen LogP contribution in [0.2, 0.25) is 0 Å². The number of benzene rings is 2. The van der Waals surface area contributed by atoms with Crippen molar-refractivity contribution < 1.29 is 13.2 Å². The molecule has 0 spiro atoms. The molecule has 1 N–H and O–H groups in total. The summed E-state index contributed by atoms with van der Waals surface area (Å²) in [6, 6.07) is 16.5. The van der Waals surface area contributed by atoms with Gasteiger partial charge in [0.2, 0.25) is 10.0 Å². The average molecular weight is 412 g/mol. The van der Waals surface area contributed by atoms with Crippen LogP contribution in [0.25, 0.3) is 10.9 Å². The van der Waals surface area contributed by atoms with Gasteiger partial charge < -0.3 is 10.1 Å². The molecule has 1 aromatic heterocycles. The summed E-state index contributed by atoms with van der Waals surface area (Å²) in [5.41, 5.74) is 1.64. The predicted octanol–water partition coefficient (Wildman–Crippen LogP) is 4.55. The first-order chi connectivity index (χ1) is 14.0. The molecule has 0 radical (unpaired) electrons. The monoisotopic (exact) mass is 411 g/mol. The second-order valence-electron chi connectivity index (χ2n) is 7.37. The van der Waals surface area contributed by atoms with Crippen molar-refractivity contribution in [3.63, 3.8) is 0 Å². The first kappa shape index (κ1) is 19.7. The molecule has 29 heavy (non-hydrogen) atoms. The molecule has 7 heteroatoms. The fourth-order valence-corrected chi connectivity index (χ4v) is 5.46. The summed E-state index contributed by atoms with van der Waals surface area (Å²) in [6.45, 7) is 2.57. The Morgan fingerprint density at radius 3 is 2.59 bits per heavy atom. The standard InChI is InChI=1S/C22H25N3O3S/c1-16-5-3-4-14-25(16)29(26,27)20-11-12-21-17(15-20)6-13-22(24-21)23-18-7-9-19(28-2)10-8-18/h6-13,15-16H,3-5,14H2,1-2H3,(H,23,24)/t16-/m0/s1. The van der Waals surface area contributed by atoms with Crippen molar-refractivity contribution in [1.29, 1.82) is 0 Å². The van der Waals surface area contributed by atoms with E-state index in [9.17, 15) is 8.42 Å². The van der Waals surface area contributed by atoms with Crippen LogP contribution < -0.4 is 10.1 Å². The van der Waals surface area contributed by atoms with Crippen LogP contribution in [0.4, 0.5) is 11.5 Å². The minimum absolute atomic E-state index is 0.0404. The zero-order valence-electron chi connectivity index (χ0n) is 16.6. The van der Waals surface area contributed by atoms with Crippen LogP contribution >= 0.6 is 0 Å². The topological polar surface area (TPSA) is 71.5 Å². The van der Waals surface area contributed by atoms with E-state index in [4.69, 9.17) is 4.74 Å². The first-order valence-electron chi connectivity index (χ1n) is 9.81. The zero-order chi connectivity index (χ0) is 20.4. The van der Waals surface area contributed by atoms with E-state index in [1.807, 2.05) is 43.3 Å². The van der Waals surface area contributed by atoms with E-state index in [2.05, 4.69) is 10.3 Å². The molecule has 1 saturated heterocycles. The maximum absolute atomic E-state index is 13.1. The fraction of sp³-hybridized carbons (Fsp3) is 0.318. The Morgan fingerprint density at radius 2 is 1.86 bits per heavy atom. The molecule has 0 saturated carbocycles. The summed E-state index contributed by atoms with van der Waals surface area (Å²) in [5, 5.41) is 4.06. The van der Waals surface area contributed by atoms with Gasteiger partial charge in [0, 0.05) is 23.7 Å². The smallest absolute Gasteiger partial charge is 0.243 e. The van der Waals surface area contributed by atoms with Crippen LogP contribution in [-0.2, 0) is 10.0 Å². The fourth-order valence-electron chi connectivity index (χ4n) is 3.72. The molecule has 2 aromatic carbocycles. The highest BCUT2D eigenvalue weighted by Crippen LogP contribution is 2.28. The number of methoxy groups -OCH3 is 1. The molecule has 2 heterocycles. The molecule has 1 aliphatic rings. The summed E-state index contributed by atoms with van der Waals surface area (Å²) in [7, 11) is -1.86. The Bertz CT molecular complexity index is 1110. The summed E-state index contributed by atoms with van der Waals surface area (Å²) in [5.74, 6) is 1.49. The number of ether oxygens (including phenoxy) is 1. The highest BCUT2D eigenvalue weighted by molar-refractivity contribution is 7.89. The maximum Gasteiger partial charge on any atom is 0.243 e. The number of nitrogens with zero attached hydrogens (tertiary/aromatic N) is 2.